The van der Waals surface area contributed by atoms with E-state index in [9.17, 15) is 19.7 Å². The fourth-order valence-electron chi connectivity index (χ4n) is 1.86. The lowest BCUT2D eigenvalue weighted by Gasteiger charge is -2.20. The highest BCUT2D eigenvalue weighted by molar-refractivity contribution is 5.96. The highest BCUT2D eigenvalue weighted by Crippen LogP contribution is 2.19. The summed E-state index contributed by atoms with van der Waals surface area (Å²) in [5.41, 5.74) is 0.553. The Morgan fingerprint density at radius 2 is 2.05 bits per heavy atom. The molecular formula is C13H16N2O5. The van der Waals surface area contributed by atoms with Gasteiger partial charge in [0.05, 0.1) is 4.92 Å². The minimum atomic E-state index is -1.09. The van der Waals surface area contributed by atoms with E-state index in [0.29, 0.717) is 18.5 Å². The van der Waals surface area contributed by atoms with Crippen LogP contribution >= 0.6 is 0 Å². The monoisotopic (exact) mass is 280 g/mol. The van der Waals surface area contributed by atoms with Crippen LogP contribution in [0.5, 0.6) is 0 Å². The average molecular weight is 280 g/mol. The number of nitrogens with zero attached hydrogens (tertiary/aromatic N) is 2. The summed E-state index contributed by atoms with van der Waals surface area (Å²) in [6, 6.07) is 4.01. The number of amides is 1. The van der Waals surface area contributed by atoms with E-state index in [4.69, 9.17) is 5.11 Å². The topological polar surface area (TPSA) is 101 Å². The second-order valence-electron chi connectivity index (χ2n) is 4.38. The Kier molecular flexibility index (Phi) is 5.19. The second kappa shape index (κ2) is 6.65. The van der Waals surface area contributed by atoms with E-state index in [1.165, 1.54) is 30.0 Å². The maximum atomic E-state index is 12.2. The minimum Gasteiger partial charge on any atom is -0.480 e. The number of benzene rings is 1. The summed E-state index contributed by atoms with van der Waals surface area (Å²) in [5.74, 6) is -1.53. The van der Waals surface area contributed by atoms with E-state index >= 15 is 0 Å². The number of aliphatic carboxylic acids is 1. The van der Waals surface area contributed by atoms with Crippen molar-refractivity contribution in [3.05, 3.63) is 39.4 Å². The summed E-state index contributed by atoms with van der Waals surface area (Å²) >= 11 is 0. The van der Waals surface area contributed by atoms with Crippen molar-refractivity contribution < 1.29 is 19.6 Å². The predicted molar refractivity (Wildman–Crippen MR) is 71.7 cm³/mol. The molecule has 108 valence electrons. The van der Waals surface area contributed by atoms with Gasteiger partial charge in [-0.1, -0.05) is 6.92 Å². The van der Waals surface area contributed by atoms with Crippen molar-refractivity contribution in [2.45, 2.75) is 20.3 Å². The third-order valence-electron chi connectivity index (χ3n) is 2.75. The Morgan fingerprint density at radius 3 is 2.50 bits per heavy atom. The summed E-state index contributed by atoms with van der Waals surface area (Å²) in [7, 11) is 0. The molecule has 0 saturated carbocycles. The fourth-order valence-corrected chi connectivity index (χ4v) is 1.86. The van der Waals surface area contributed by atoms with Crippen molar-refractivity contribution in [2.24, 2.45) is 0 Å². The number of carbonyl (C=O) groups is 2. The third kappa shape index (κ3) is 3.78. The summed E-state index contributed by atoms with van der Waals surface area (Å²) < 4.78 is 0. The van der Waals surface area contributed by atoms with Crippen LogP contribution in [0, 0.1) is 17.0 Å². The molecule has 7 heteroatoms. The molecule has 1 N–H and O–H groups in total. The van der Waals surface area contributed by atoms with Crippen LogP contribution in [0.3, 0.4) is 0 Å². The van der Waals surface area contributed by atoms with Crippen molar-refractivity contribution in [3.8, 4) is 0 Å². The van der Waals surface area contributed by atoms with Crippen LogP contribution in [-0.4, -0.2) is 39.9 Å². The Morgan fingerprint density at radius 1 is 1.40 bits per heavy atom. The quantitative estimate of drug-likeness (QED) is 0.633. The minimum absolute atomic E-state index is 0.0678. The van der Waals surface area contributed by atoms with Gasteiger partial charge in [-0.3, -0.25) is 19.7 Å². The number of aryl methyl sites for hydroxylation is 1. The molecule has 0 aliphatic rings. The molecular weight excluding hydrogens is 264 g/mol. The smallest absolute Gasteiger partial charge is 0.323 e. The molecule has 1 rings (SSSR count). The first-order valence-electron chi connectivity index (χ1n) is 6.13. The SMILES string of the molecule is CCCN(CC(=O)O)C(=O)c1ccc([N+](=O)[O-])c(C)c1. The van der Waals surface area contributed by atoms with Crippen molar-refractivity contribution >= 4 is 17.6 Å². The Hall–Kier alpha value is -2.44. The van der Waals surface area contributed by atoms with Crippen molar-refractivity contribution in [2.75, 3.05) is 13.1 Å². The molecule has 0 saturated heterocycles. The third-order valence-corrected chi connectivity index (χ3v) is 2.75. The van der Waals surface area contributed by atoms with E-state index in [1.54, 1.807) is 0 Å². The predicted octanol–water partition coefficient (Wildman–Crippen LogP) is 1.84. The summed E-state index contributed by atoms with van der Waals surface area (Å²) in [6.45, 7) is 3.31. The van der Waals surface area contributed by atoms with Crippen LogP contribution in [0.25, 0.3) is 0 Å². The molecule has 0 atom stereocenters. The second-order valence-corrected chi connectivity index (χ2v) is 4.38. The first kappa shape index (κ1) is 15.6. The zero-order valence-corrected chi connectivity index (χ0v) is 11.3. The molecule has 1 aromatic carbocycles. The largest absolute Gasteiger partial charge is 0.480 e. The molecule has 0 radical (unpaired) electrons. The van der Waals surface area contributed by atoms with Crippen LogP contribution in [-0.2, 0) is 4.79 Å². The number of nitro groups is 1. The molecule has 0 spiro atoms. The Bertz CT molecular complexity index is 542. The lowest BCUT2D eigenvalue weighted by atomic mass is 10.1. The van der Waals surface area contributed by atoms with Crippen LogP contribution in [0.15, 0.2) is 18.2 Å². The zero-order valence-electron chi connectivity index (χ0n) is 11.3. The molecule has 7 nitrogen and oxygen atoms in total. The normalized spacial score (nSPS) is 10.1. The van der Waals surface area contributed by atoms with Crippen molar-refractivity contribution in [3.63, 3.8) is 0 Å². The van der Waals surface area contributed by atoms with Gasteiger partial charge in [-0.2, -0.15) is 0 Å². The molecule has 0 fully saturated rings. The zero-order chi connectivity index (χ0) is 15.3. The highest BCUT2D eigenvalue weighted by atomic mass is 16.6. The summed E-state index contributed by atoms with van der Waals surface area (Å²) in [5, 5.41) is 19.5. The summed E-state index contributed by atoms with van der Waals surface area (Å²) in [4.78, 5) is 34.3. The molecule has 20 heavy (non-hydrogen) atoms. The standard InChI is InChI=1S/C13H16N2O5/c1-3-6-14(8-12(16)17)13(18)10-4-5-11(15(19)20)9(2)7-10/h4-5,7H,3,6,8H2,1-2H3,(H,16,17). The molecule has 1 aromatic rings. The molecule has 0 aliphatic carbocycles. The molecule has 0 aromatic heterocycles. The van der Waals surface area contributed by atoms with Gasteiger partial charge in [0, 0.05) is 23.7 Å². The lowest BCUT2D eigenvalue weighted by molar-refractivity contribution is -0.385. The summed E-state index contributed by atoms with van der Waals surface area (Å²) in [6.07, 6.45) is 0.630. The van der Waals surface area contributed by atoms with E-state index in [1.807, 2.05) is 6.92 Å². The first-order valence-corrected chi connectivity index (χ1v) is 6.13. The number of hydrogen-bond acceptors (Lipinski definition) is 4. The van der Waals surface area contributed by atoms with Crippen molar-refractivity contribution in [1.29, 1.82) is 0 Å². The van der Waals surface area contributed by atoms with Crippen molar-refractivity contribution in [1.82, 2.24) is 4.90 Å². The Balaban J connectivity index is 3.03. The molecule has 0 bridgehead atoms. The average Bonchev–Trinajstić information content (AvgIpc) is 2.36. The van der Waals surface area contributed by atoms with Gasteiger partial charge < -0.3 is 10.0 Å². The van der Waals surface area contributed by atoms with Crippen LogP contribution in [0.4, 0.5) is 5.69 Å². The number of hydrogen-bond donors (Lipinski definition) is 1. The molecule has 0 heterocycles. The number of carboxylic acids is 1. The molecule has 0 aliphatic heterocycles. The first-order chi connectivity index (χ1) is 9.36. The van der Waals surface area contributed by atoms with Gasteiger partial charge in [-0.25, -0.2) is 0 Å². The van der Waals surface area contributed by atoms with Crippen LogP contribution in [0.1, 0.15) is 29.3 Å². The van der Waals surface area contributed by atoms with Gasteiger partial charge in [-0.05, 0) is 25.5 Å². The number of rotatable bonds is 6. The van der Waals surface area contributed by atoms with Gasteiger partial charge in [0.1, 0.15) is 6.54 Å². The molecule has 1 amide bonds. The van der Waals surface area contributed by atoms with Gasteiger partial charge >= 0.3 is 5.97 Å². The fraction of sp³-hybridized carbons (Fsp3) is 0.385. The number of nitro benzene ring substituents is 1. The van der Waals surface area contributed by atoms with Crippen LogP contribution in [0.2, 0.25) is 0 Å². The lowest BCUT2D eigenvalue weighted by Crippen LogP contribution is -2.36. The maximum absolute atomic E-state index is 12.2. The van der Waals surface area contributed by atoms with Gasteiger partial charge in [0.15, 0.2) is 0 Å². The van der Waals surface area contributed by atoms with E-state index in [-0.39, 0.29) is 17.8 Å². The maximum Gasteiger partial charge on any atom is 0.323 e. The van der Waals surface area contributed by atoms with E-state index < -0.39 is 16.8 Å². The highest BCUT2D eigenvalue weighted by Gasteiger charge is 2.20. The van der Waals surface area contributed by atoms with E-state index in [2.05, 4.69) is 0 Å². The van der Waals surface area contributed by atoms with Gasteiger partial charge in [0.2, 0.25) is 0 Å². The van der Waals surface area contributed by atoms with Crippen LogP contribution < -0.4 is 0 Å². The Labute approximate surface area is 116 Å². The van der Waals surface area contributed by atoms with Gasteiger partial charge in [-0.15, -0.1) is 0 Å². The number of carbonyl (C=O) groups excluding carboxylic acids is 1. The van der Waals surface area contributed by atoms with Gasteiger partial charge in [0.25, 0.3) is 11.6 Å². The molecule has 0 unspecified atom stereocenters. The number of carboxylic acid groups (broad SMARTS) is 1. The van der Waals surface area contributed by atoms with E-state index in [0.717, 1.165) is 0 Å².